The molecule has 0 aliphatic rings. The molecule has 8 heteroatoms. The number of benzene rings is 3. The Morgan fingerprint density at radius 2 is 1.86 bits per heavy atom. The molecule has 0 spiro atoms. The summed E-state index contributed by atoms with van der Waals surface area (Å²) in [5.74, 6) is -0.328. The van der Waals surface area contributed by atoms with Gasteiger partial charge in [0.25, 0.3) is 0 Å². The Hall–Kier alpha value is -3.80. The zero-order valence-electron chi connectivity index (χ0n) is 20.0. The van der Waals surface area contributed by atoms with E-state index >= 15 is 0 Å². The normalized spacial score (nSPS) is 12.7. The van der Waals surface area contributed by atoms with Crippen LogP contribution in [-0.2, 0) is 12.2 Å². The molecule has 0 saturated carbocycles. The predicted molar refractivity (Wildman–Crippen MR) is 131 cm³/mol. The molecular weight excluding hydrogens is 449 g/mol. The molecule has 1 atom stereocenters. The van der Waals surface area contributed by atoms with E-state index in [0.29, 0.717) is 35.1 Å². The molecule has 3 aromatic rings. The SMILES string of the molecule is Cc1ccc(OCc2cc(C#N)ccc2C(O)(CCCN(C)C)c2ccc(F)cc2)c([N+](=O)[O-])c1. The average molecular weight is 478 g/mol. The van der Waals surface area contributed by atoms with Gasteiger partial charge in [0.2, 0.25) is 0 Å². The van der Waals surface area contributed by atoms with Crippen molar-refractivity contribution >= 4 is 5.69 Å². The molecule has 3 aromatic carbocycles. The molecule has 0 heterocycles. The summed E-state index contributed by atoms with van der Waals surface area (Å²) in [6.07, 6.45) is 0.977. The number of aliphatic hydroxyl groups is 1. The van der Waals surface area contributed by atoms with Crippen molar-refractivity contribution in [2.24, 2.45) is 0 Å². The highest BCUT2D eigenvalue weighted by molar-refractivity contribution is 5.49. The molecule has 0 saturated heterocycles. The molecule has 0 fully saturated rings. The van der Waals surface area contributed by atoms with Crippen LogP contribution in [0.3, 0.4) is 0 Å². The van der Waals surface area contributed by atoms with E-state index in [1.54, 1.807) is 43.3 Å². The lowest BCUT2D eigenvalue weighted by molar-refractivity contribution is -0.386. The van der Waals surface area contributed by atoms with Gasteiger partial charge in [0.15, 0.2) is 5.75 Å². The topological polar surface area (TPSA) is 99.6 Å². The largest absolute Gasteiger partial charge is 0.482 e. The molecule has 35 heavy (non-hydrogen) atoms. The molecule has 3 rings (SSSR count). The van der Waals surface area contributed by atoms with Crippen LogP contribution < -0.4 is 4.74 Å². The molecule has 1 N–H and O–H groups in total. The predicted octanol–water partition coefficient (Wildman–Crippen LogP) is 5.07. The highest BCUT2D eigenvalue weighted by atomic mass is 19.1. The smallest absolute Gasteiger partial charge is 0.311 e. The minimum Gasteiger partial charge on any atom is -0.482 e. The molecule has 7 nitrogen and oxygen atoms in total. The fourth-order valence-electron chi connectivity index (χ4n) is 4.05. The van der Waals surface area contributed by atoms with Gasteiger partial charge in [-0.15, -0.1) is 0 Å². The van der Waals surface area contributed by atoms with Gasteiger partial charge >= 0.3 is 5.69 Å². The Kier molecular flexibility index (Phi) is 8.18. The Morgan fingerprint density at radius 3 is 2.49 bits per heavy atom. The van der Waals surface area contributed by atoms with Gasteiger partial charge in [-0.1, -0.05) is 24.3 Å². The maximum absolute atomic E-state index is 13.7. The van der Waals surface area contributed by atoms with Crippen molar-refractivity contribution < 1.29 is 19.2 Å². The van der Waals surface area contributed by atoms with Crippen molar-refractivity contribution in [1.29, 1.82) is 5.26 Å². The van der Waals surface area contributed by atoms with Crippen molar-refractivity contribution in [3.8, 4) is 11.8 Å². The summed E-state index contributed by atoms with van der Waals surface area (Å²) in [5.41, 5.74) is 0.943. The third-order valence-electron chi connectivity index (χ3n) is 5.84. The van der Waals surface area contributed by atoms with Crippen molar-refractivity contribution in [3.05, 3.63) is 104 Å². The monoisotopic (exact) mass is 477 g/mol. The number of nitro groups is 1. The van der Waals surface area contributed by atoms with E-state index in [1.807, 2.05) is 19.0 Å². The van der Waals surface area contributed by atoms with Crippen LogP contribution in [0.2, 0.25) is 0 Å². The second-order valence-electron chi connectivity index (χ2n) is 8.77. The zero-order valence-corrected chi connectivity index (χ0v) is 20.0. The number of nitriles is 1. The fraction of sp³-hybridized carbons (Fsp3) is 0.296. The van der Waals surface area contributed by atoms with Crippen LogP contribution in [0.1, 0.15) is 40.7 Å². The Morgan fingerprint density at radius 1 is 1.14 bits per heavy atom. The van der Waals surface area contributed by atoms with E-state index in [1.165, 1.54) is 24.3 Å². The molecule has 0 bridgehead atoms. The minimum absolute atomic E-state index is 0.0897. The first kappa shape index (κ1) is 25.8. The van der Waals surface area contributed by atoms with Crippen LogP contribution in [0.5, 0.6) is 5.75 Å². The summed E-state index contributed by atoms with van der Waals surface area (Å²) in [7, 11) is 3.87. The van der Waals surface area contributed by atoms with Crippen molar-refractivity contribution in [2.75, 3.05) is 20.6 Å². The Bertz CT molecular complexity index is 1240. The number of halogens is 1. The van der Waals surface area contributed by atoms with Crippen LogP contribution in [0.25, 0.3) is 0 Å². The lowest BCUT2D eigenvalue weighted by Crippen LogP contribution is -2.30. The fourth-order valence-corrected chi connectivity index (χ4v) is 4.05. The first-order valence-electron chi connectivity index (χ1n) is 11.2. The molecule has 0 aliphatic carbocycles. The summed E-state index contributed by atoms with van der Waals surface area (Å²) in [6, 6.07) is 17.3. The van der Waals surface area contributed by atoms with Gasteiger partial charge in [0.05, 0.1) is 16.6 Å². The number of rotatable bonds is 10. The van der Waals surface area contributed by atoms with E-state index in [0.717, 1.165) is 12.1 Å². The summed E-state index contributed by atoms with van der Waals surface area (Å²) in [6.45, 7) is 2.37. The van der Waals surface area contributed by atoms with Crippen LogP contribution in [0.4, 0.5) is 10.1 Å². The van der Waals surface area contributed by atoms with Gasteiger partial charge < -0.3 is 14.7 Å². The number of nitrogens with zero attached hydrogens (tertiary/aromatic N) is 3. The maximum Gasteiger partial charge on any atom is 0.311 e. The first-order chi connectivity index (χ1) is 16.6. The standard InChI is InChI=1S/C27H28FN3O4/c1-19-5-12-26(25(15-19)31(33)34)35-18-21-16-20(17-29)6-11-24(21)27(32,13-4-14-30(2)3)22-7-9-23(28)10-8-22/h5-12,15-16,32H,4,13-14,18H2,1-3H3. The Balaban J connectivity index is 2.05. The minimum atomic E-state index is -1.49. The highest BCUT2D eigenvalue weighted by Crippen LogP contribution is 2.38. The van der Waals surface area contributed by atoms with Crippen LogP contribution >= 0.6 is 0 Å². The number of aryl methyl sites for hydroxylation is 1. The second kappa shape index (κ2) is 11.1. The van der Waals surface area contributed by atoms with Gasteiger partial charge in [-0.3, -0.25) is 10.1 Å². The van der Waals surface area contributed by atoms with Gasteiger partial charge in [-0.05, 0) is 93.0 Å². The molecule has 1 unspecified atom stereocenters. The molecular formula is C27H28FN3O4. The third kappa shape index (κ3) is 6.21. The van der Waals surface area contributed by atoms with Crippen LogP contribution in [0.15, 0.2) is 60.7 Å². The second-order valence-corrected chi connectivity index (χ2v) is 8.77. The van der Waals surface area contributed by atoms with E-state index in [9.17, 15) is 24.9 Å². The number of hydrogen-bond acceptors (Lipinski definition) is 6. The first-order valence-corrected chi connectivity index (χ1v) is 11.2. The number of ether oxygens (including phenoxy) is 1. The van der Waals surface area contributed by atoms with Gasteiger partial charge in [-0.25, -0.2) is 4.39 Å². The van der Waals surface area contributed by atoms with Crippen molar-refractivity contribution in [1.82, 2.24) is 4.90 Å². The molecule has 182 valence electrons. The van der Waals surface area contributed by atoms with E-state index in [4.69, 9.17) is 4.74 Å². The van der Waals surface area contributed by atoms with E-state index < -0.39 is 16.3 Å². The molecule has 0 aromatic heterocycles. The summed E-state index contributed by atoms with van der Waals surface area (Å²) in [5, 5.41) is 32.9. The Labute approximate surface area is 204 Å². The van der Waals surface area contributed by atoms with E-state index in [2.05, 4.69) is 6.07 Å². The molecule has 0 aliphatic heterocycles. The highest BCUT2D eigenvalue weighted by Gasteiger charge is 2.34. The van der Waals surface area contributed by atoms with Crippen LogP contribution in [0, 0.1) is 34.2 Å². The lowest BCUT2D eigenvalue weighted by Gasteiger charge is -2.32. The zero-order chi connectivity index (χ0) is 25.6. The quantitative estimate of drug-likeness (QED) is 0.323. The van der Waals surface area contributed by atoms with E-state index in [-0.39, 0.29) is 18.0 Å². The van der Waals surface area contributed by atoms with Gasteiger partial charge in [-0.2, -0.15) is 5.26 Å². The average Bonchev–Trinajstić information content (AvgIpc) is 2.83. The van der Waals surface area contributed by atoms with Crippen molar-refractivity contribution in [3.63, 3.8) is 0 Å². The molecule has 0 radical (unpaired) electrons. The van der Waals surface area contributed by atoms with Gasteiger partial charge in [0.1, 0.15) is 18.0 Å². The molecule has 0 amide bonds. The number of nitro benzene ring substituents is 1. The lowest BCUT2D eigenvalue weighted by atomic mass is 9.80. The summed E-state index contributed by atoms with van der Waals surface area (Å²) < 4.78 is 19.5. The van der Waals surface area contributed by atoms with Gasteiger partial charge in [0, 0.05) is 6.07 Å². The number of hydrogen-bond donors (Lipinski definition) is 1. The van der Waals surface area contributed by atoms with Crippen molar-refractivity contribution in [2.45, 2.75) is 32.0 Å². The maximum atomic E-state index is 13.7. The van der Waals surface area contributed by atoms with Crippen LogP contribution in [-0.4, -0.2) is 35.6 Å². The summed E-state index contributed by atoms with van der Waals surface area (Å²) in [4.78, 5) is 13.0. The third-order valence-corrected chi connectivity index (χ3v) is 5.84. The summed E-state index contributed by atoms with van der Waals surface area (Å²) >= 11 is 0.